The zero-order valence-corrected chi connectivity index (χ0v) is 20.1. The predicted molar refractivity (Wildman–Crippen MR) is 130 cm³/mol. The average molecular weight is 487 g/mol. The highest BCUT2D eigenvalue weighted by molar-refractivity contribution is 7.18. The van der Waals surface area contributed by atoms with E-state index in [1.54, 1.807) is 10.9 Å². The first-order valence-corrected chi connectivity index (χ1v) is 12.3. The van der Waals surface area contributed by atoms with Crippen LogP contribution in [0.4, 0.5) is 10.8 Å². The maximum atomic E-state index is 12.4. The Bertz CT molecular complexity index is 1130. The van der Waals surface area contributed by atoms with Gasteiger partial charge in [0.25, 0.3) is 0 Å². The Balaban J connectivity index is 1.26. The van der Waals surface area contributed by atoms with Crippen molar-refractivity contribution in [1.82, 2.24) is 30.8 Å². The number of aromatic nitrogens is 4. The van der Waals surface area contributed by atoms with E-state index in [0.717, 1.165) is 40.7 Å². The number of amides is 1. The third-order valence-corrected chi connectivity index (χ3v) is 8.04. The summed E-state index contributed by atoms with van der Waals surface area (Å²) in [6, 6.07) is 8.32. The van der Waals surface area contributed by atoms with Crippen molar-refractivity contribution in [2.75, 3.05) is 23.8 Å². The number of hydrazine groups is 1. The Kier molecular flexibility index (Phi) is 6.33. The number of nitrogens with zero attached hydrogens (tertiary/aromatic N) is 5. The Hall–Kier alpha value is -2.53. The van der Waals surface area contributed by atoms with Crippen LogP contribution in [0.2, 0.25) is 0 Å². The normalized spacial score (nSPS) is 24.5. The number of carbonyl (C=O) groups excluding carboxylic acids is 1. The Morgan fingerprint density at radius 2 is 2.24 bits per heavy atom. The summed E-state index contributed by atoms with van der Waals surface area (Å²) in [4.78, 5) is 14.6. The highest BCUT2D eigenvalue weighted by atomic mass is 35.5. The summed E-state index contributed by atoms with van der Waals surface area (Å²) in [6.07, 6.45) is 5.67. The molecule has 33 heavy (non-hydrogen) atoms. The minimum absolute atomic E-state index is 0.0423. The molecule has 3 heterocycles. The van der Waals surface area contributed by atoms with E-state index < -0.39 is 0 Å². The average Bonchev–Trinajstić information content (AvgIpc) is 3.55. The second-order valence-electron chi connectivity index (χ2n) is 8.73. The van der Waals surface area contributed by atoms with Crippen molar-refractivity contribution in [2.24, 2.45) is 5.92 Å². The highest BCUT2D eigenvalue weighted by Crippen LogP contribution is 2.37. The smallest absolute Gasteiger partial charge is 0.246 e. The van der Waals surface area contributed by atoms with Gasteiger partial charge in [0.2, 0.25) is 11.0 Å². The zero-order chi connectivity index (χ0) is 22.9. The summed E-state index contributed by atoms with van der Waals surface area (Å²) in [5.41, 5.74) is 9.22. The Labute approximate surface area is 201 Å². The summed E-state index contributed by atoms with van der Waals surface area (Å²) in [6.45, 7) is 3.00. The van der Waals surface area contributed by atoms with Crippen molar-refractivity contribution < 1.29 is 4.79 Å². The lowest BCUT2D eigenvalue weighted by Crippen LogP contribution is -2.50. The van der Waals surface area contributed by atoms with E-state index in [-0.39, 0.29) is 23.9 Å². The molecule has 174 valence electrons. The lowest BCUT2D eigenvalue weighted by atomic mass is 9.82. The predicted octanol–water partition coefficient (Wildman–Crippen LogP) is 2.65. The molecule has 4 unspecified atom stereocenters. The van der Waals surface area contributed by atoms with Crippen LogP contribution in [-0.2, 0) is 11.3 Å². The van der Waals surface area contributed by atoms with Crippen LogP contribution in [0.5, 0.6) is 0 Å². The van der Waals surface area contributed by atoms with Crippen LogP contribution in [0.3, 0.4) is 0 Å². The van der Waals surface area contributed by atoms with Gasteiger partial charge >= 0.3 is 0 Å². The van der Waals surface area contributed by atoms with Gasteiger partial charge in [-0.25, -0.2) is 0 Å². The maximum Gasteiger partial charge on any atom is 0.246 e. The third-order valence-electron chi connectivity index (χ3n) is 6.37. The number of aryl methyl sites for hydroxylation is 1. The van der Waals surface area contributed by atoms with Crippen molar-refractivity contribution in [3.63, 3.8) is 0 Å². The number of alkyl halides is 1. The molecule has 1 aliphatic carbocycles. The molecule has 9 nitrogen and oxygen atoms in total. The molecule has 1 aromatic carbocycles. The van der Waals surface area contributed by atoms with Gasteiger partial charge in [-0.3, -0.25) is 20.3 Å². The molecule has 2 fully saturated rings. The zero-order valence-electron chi connectivity index (χ0n) is 18.5. The monoisotopic (exact) mass is 486 g/mol. The van der Waals surface area contributed by atoms with Gasteiger partial charge in [-0.05, 0) is 37.5 Å². The van der Waals surface area contributed by atoms with E-state index in [2.05, 4.69) is 36.4 Å². The minimum atomic E-state index is -0.132. The second kappa shape index (κ2) is 9.38. The molecule has 2 aliphatic rings. The summed E-state index contributed by atoms with van der Waals surface area (Å²) < 4.78 is 1.62. The number of hydrogen-bond acceptors (Lipinski definition) is 8. The van der Waals surface area contributed by atoms with Gasteiger partial charge in [0.05, 0.1) is 11.6 Å². The van der Waals surface area contributed by atoms with Crippen LogP contribution < -0.4 is 21.1 Å². The highest BCUT2D eigenvalue weighted by Gasteiger charge is 2.43. The van der Waals surface area contributed by atoms with E-state index in [1.807, 2.05) is 44.4 Å². The summed E-state index contributed by atoms with van der Waals surface area (Å²) in [5.74, 6) is 0.277. The molecule has 3 N–H and O–H groups in total. The molecule has 1 saturated heterocycles. The van der Waals surface area contributed by atoms with Crippen molar-refractivity contribution in [3.05, 3.63) is 42.2 Å². The van der Waals surface area contributed by atoms with Crippen LogP contribution in [0.15, 0.2) is 36.7 Å². The van der Waals surface area contributed by atoms with Gasteiger partial charge in [0, 0.05) is 49.0 Å². The Morgan fingerprint density at radius 1 is 1.36 bits per heavy atom. The lowest BCUT2D eigenvalue weighted by molar-refractivity contribution is -0.116. The van der Waals surface area contributed by atoms with Crippen molar-refractivity contribution >= 4 is 39.7 Å². The fraction of sp³-hybridized carbons (Fsp3) is 0.455. The van der Waals surface area contributed by atoms with Crippen molar-refractivity contribution in [1.29, 1.82) is 0 Å². The summed E-state index contributed by atoms with van der Waals surface area (Å²) >= 11 is 8.40. The molecule has 5 rings (SSSR count). The number of rotatable bonds is 6. The van der Waals surface area contributed by atoms with Gasteiger partial charge in [0.15, 0.2) is 0 Å². The quantitative estimate of drug-likeness (QED) is 0.460. The number of halogens is 1. The van der Waals surface area contributed by atoms with Crippen LogP contribution >= 0.6 is 22.9 Å². The van der Waals surface area contributed by atoms with Crippen LogP contribution in [-0.4, -0.2) is 56.9 Å². The van der Waals surface area contributed by atoms with E-state index >= 15 is 0 Å². The van der Waals surface area contributed by atoms with E-state index in [0.29, 0.717) is 17.6 Å². The summed E-state index contributed by atoms with van der Waals surface area (Å²) in [7, 11) is 2.05. The molecular weight excluding hydrogens is 460 g/mol. The molecule has 4 atom stereocenters. The first-order chi connectivity index (χ1) is 16.0. The fourth-order valence-corrected chi connectivity index (χ4v) is 6.05. The molecule has 0 bridgehead atoms. The van der Waals surface area contributed by atoms with Gasteiger partial charge in [-0.2, -0.15) is 5.10 Å². The second-order valence-corrected chi connectivity index (χ2v) is 10.2. The Morgan fingerprint density at radius 3 is 3.06 bits per heavy atom. The van der Waals surface area contributed by atoms with Crippen LogP contribution in [0, 0.1) is 12.8 Å². The first-order valence-electron chi connectivity index (χ1n) is 11.1. The number of anilines is 2. The number of hydrogen-bond donors (Lipinski definition) is 3. The van der Waals surface area contributed by atoms with Crippen LogP contribution in [0.25, 0.3) is 10.6 Å². The SMILES string of the molecule is Cc1cnn(CC(=O)Nc2cccc(-c3nnc(N(C)C4CCC5NNCC5C4Cl)s3)c2)c1. The molecule has 0 spiro atoms. The van der Waals surface area contributed by atoms with Gasteiger partial charge in [-0.1, -0.05) is 23.5 Å². The minimum Gasteiger partial charge on any atom is -0.345 e. The van der Waals surface area contributed by atoms with E-state index in [4.69, 9.17) is 11.6 Å². The van der Waals surface area contributed by atoms with Crippen molar-refractivity contribution in [2.45, 2.75) is 43.8 Å². The number of nitrogens with one attached hydrogen (secondary N) is 3. The van der Waals surface area contributed by atoms with Gasteiger partial charge in [0.1, 0.15) is 11.6 Å². The standard InChI is InChI=1S/C22H27ClN8OS/c1-13-9-25-31(11-13)12-19(32)26-15-5-3-4-14(8-15)21-28-29-22(33-21)30(2)18-7-6-17-16(20(18)23)10-24-27-17/h3-5,8-9,11,16-18,20,24,27H,6-7,10,12H2,1-2H3,(H,26,32). The van der Waals surface area contributed by atoms with Crippen molar-refractivity contribution in [3.8, 4) is 10.6 Å². The molecule has 11 heteroatoms. The first kappa shape index (κ1) is 22.3. The van der Waals surface area contributed by atoms with Gasteiger partial charge < -0.3 is 10.2 Å². The molecule has 3 aromatic rings. The topological polar surface area (TPSA) is 100 Å². The third kappa shape index (κ3) is 4.74. The molecular formula is C22H27ClN8OS. The molecule has 1 amide bonds. The summed E-state index contributed by atoms with van der Waals surface area (Å²) in [5, 5.41) is 17.7. The molecule has 1 aliphatic heterocycles. The van der Waals surface area contributed by atoms with Crippen LogP contribution in [0.1, 0.15) is 18.4 Å². The molecule has 2 aromatic heterocycles. The lowest BCUT2D eigenvalue weighted by Gasteiger charge is -2.40. The molecule has 0 radical (unpaired) electrons. The number of fused-ring (bicyclic) bond motifs is 1. The van der Waals surface area contributed by atoms with Gasteiger partial charge in [-0.15, -0.1) is 21.8 Å². The maximum absolute atomic E-state index is 12.4. The largest absolute Gasteiger partial charge is 0.345 e. The molecule has 1 saturated carbocycles. The fourth-order valence-electron chi connectivity index (χ4n) is 4.63. The number of carbonyl (C=O) groups is 1. The van der Waals surface area contributed by atoms with E-state index in [9.17, 15) is 4.79 Å². The number of benzene rings is 1. The van der Waals surface area contributed by atoms with E-state index in [1.165, 1.54) is 11.3 Å².